The monoisotopic (exact) mass is 224 g/mol. The lowest BCUT2D eigenvalue weighted by molar-refractivity contribution is 0.475. The zero-order valence-corrected chi connectivity index (χ0v) is 8.83. The van der Waals surface area contributed by atoms with Gasteiger partial charge < -0.3 is 9.67 Å². The predicted octanol–water partition coefficient (Wildman–Crippen LogP) is 1.38. The van der Waals surface area contributed by atoms with Crippen LogP contribution in [0.3, 0.4) is 0 Å². The van der Waals surface area contributed by atoms with E-state index in [-0.39, 0.29) is 17.1 Å². The smallest absolute Gasteiger partial charge is 0.176 e. The van der Waals surface area contributed by atoms with Gasteiger partial charge >= 0.3 is 0 Å². The average Bonchev–Trinajstić information content (AvgIpc) is 2.74. The summed E-state index contributed by atoms with van der Waals surface area (Å²) < 4.78 is 1.60. The summed E-state index contributed by atoms with van der Waals surface area (Å²) in [5.74, 6) is 0.192. The molecule has 17 heavy (non-hydrogen) atoms. The molecule has 1 aromatic heterocycles. The van der Waals surface area contributed by atoms with Crippen molar-refractivity contribution in [3.05, 3.63) is 47.5 Å². The molecule has 0 aliphatic carbocycles. The standard InChI is InChI=1S/C12H8N4O/c13-5-11-12(6-14)16(8-15-11)7-9-1-3-10(17)4-2-9/h1-4,8,17H,7H2. The van der Waals surface area contributed by atoms with Gasteiger partial charge in [-0.15, -0.1) is 0 Å². The summed E-state index contributed by atoms with van der Waals surface area (Å²) in [6.45, 7) is 0.442. The summed E-state index contributed by atoms with van der Waals surface area (Å²) in [6.07, 6.45) is 1.46. The number of imidazole rings is 1. The molecule has 0 saturated heterocycles. The molecule has 0 aliphatic heterocycles. The minimum Gasteiger partial charge on any atom is -0.508 e. The summed E-state index contributed by atoms with van der Waals surface area (Å²) in [7, 11) is 0. The molecule has 82 valence electrons. The van der Waals surface area contributed by atoms with Gasteiger partial charge in [-0.1, -0.05) is 12.1 Å². The van der Waals surface area contributed by atoms with Gasteiger partial charge in [0.25, 0.3) is 0 Å². The van der Waals surface area contributed by atoms with Crippen LogP contribution in [-0.2, 0) is 6.54 Å². The minimum atomic E-state index is 0.131. The number of nitriles is 2. The van der Waals surface area contributed by atoms with Crippen molar-refractivity contribution in [3.63, 3.8) is 0 Å². The highest BCUT2D eigenvalue weighted by Crippen LogP contribution is 2.13. The molecule has 1 N–H and O–H groups in total. The Kier molecular flexibility index (Phi) is 2.76. The summed E-state index contributed by atoms with van der Waals surface area (Å²) in [5.41, 5.74) is 1.30. The first kappa shape index (κ1) is 10.7. The Bertz CT molecular complexity index is 613. The third-order valence-corrected chi connectivity index (χ3v) is 2.34. The number of hydrogen-bond donors (Lipinski definition) is 1. The zero-order valence-electron chi connectivity index (χ0n) is 8.83. The number of hydrogen-bond acceptors (Lipinski definition) is 4. The molecule has 5 heteroatoms. The number of nitrogens with zero attached hydrogens (tertiary/aromatic N) is 4. The van der Waals surface area contributed by atoms with E-state index in [9.17, 15) is 0 Å². The van der Waals surface area contributed by atoms with Crippen molar-refractivity contribution in [1.29, 1.82) is 10.5 Å². The second kappa shape index (κ2) is 4.38. The first-order valence-electron chi connectivity index (χ1n) is 4.88. The first-order valence-corrected chi connectivity index (χ1v) is 4.88. The van der Waals surface area contributed by atoms with Crippen LogP contribution in [0.15, 0.2) is 30.6 Å². The van der Waals surface area contributed by atoms with Gasteiger partial charge in [0.15, 0.2) is 11.4 Å². The van der Waals surface area contributed by atoms with E-state index in [1.807, 2.05) is 12.1 Å². The summed E-state index contributed by atoms with van der Waals surface area (Å²) >= 11 is 0. The second-order valence-corrected chi connectivity index (χ2v) is 3.46. The molecule has 2 rings (SSSR count). The molecule has 1 heterocycles. The quantitative estimate of drug-likeness (QED) is 0.834. The normalized spacial score (nSPS) is 9.53. The molecular formula is C12H8N4O. The molecule has 0 fully saturated rings. The van der Waals surface area contributed by atoms with E-state index in [1.165, 1.54) is 6.33 Å². The molecule has 0 bridgehead atoms. The number of benzene rings is 1. The van der Waals surface area contributed by atoms with Crippen molar-refractivity contribution in [2.45, 2.75) is 6.54 Å². The number of rotatable bonds is 2. The summed E-state index contributed by atoms with van der Waals surface area (Å²) in [4.78, 5) is 3.85. The molecule has 0 unspecified atom stereocenters. The minimum absolute atomic E-state index is 0.131. The molecule has 5 nitrogen and oxygen atoms in total. The van der Waals surface area contributed by atoms with Crippen LogP contribution < -0.4 is 0 Å². The van der Waals surface area contributed by atoms with Gasteiger partial charge in [0, 0.05) is 6.54 Å². The van der Waals surface area contributed by atoms with Gasteiger partial charge in [-0.3, -0.25) is 0 Å². The maximum Gasteiger partial charge on any atom is 0.176 e. The van der Waals surface area contributed by atoms with Crippen LogP contribution in [-0.4, -0.2) is 14.7 Å². The van der Waals surface area contributed by atoms with Crippen molar-refractivity contribution in [2.75, 3.05) is 0 Å². The molecule has 0 atom stereocenters. The van der Waals surface area contributed by atoms with Crippen molar-refractivity contribution in [3.8, 4) is 17.9 Å². The Hall–Kier alpha value is -2.79. The van der Waals surface area contributed by atoms with E-state index >= 15 is 0 Å². The fourth-order valence-electron chi connectivity index (χ4n) is 1.50. The van der Waals surface area contributed by atoms with Gasteiger partial charge in [-0.25, -0.2) is 4.98 Å². The third-order valence-electron chi connectivity index (χ3n) is 2.34. The molecule has 2 aromatic rings. The molecule has 0 radical (unpaired) electrons. The SMILES string of the molecule is N#Cc1ncn(Cc2ccc(O)cc2)c1C#N. The molecular weight excluding hydrogens is 216 g/mol. The summed E-state index contributed by atoms with van der Waals surface area (Å²) in [6, 6.07) is 10.5. The second-order valence-electron chi connectivity index (χ2n) is 3.46. The predicted molar refractivity (Wildman–Crippen MR) is 58.9 cm³/mol. The van der Waals surface area contributed by atoms with Crippen molar-refractivity contribution < 1.29 is 5.11 Å². The number of aromatic hydroxyl groups is 1. The molecule has 1 aromatic carbocycles. The Labute approximate surface area is 97.8 Å². The van der Waals surface area contributed by atoms with Gasteiger partial charge in [-0.2, -0.15) is 10.5 Å². The van der Waals surface area contributed by atoms with Gasteiger partial charge in [0.1, 0.15) is 17.9 Å². The van der Waals surface area contributed by atoms with Crippen LogP contribution in [0.25, 0.3) is 0 Å². The Morgan fingerprint density at radius 1 is 1.18 bits per heavy atom. The third kappa shape index (κ3) is 2.09. The Morgan fingerprint density at radius 3 is 2.47 bits per heavy atom. The largest absolute Gasteiger partial charge is 0.508 e. The van der Waals surface area contributed by atoms with E-state index in [0.717, 1.165) is 5.56 Å². The maximum atomic E-state index is 9.15. The lowest BCUT2D eigenvalue weighted by Gasteiger charge is -2.03. The summed E-state index contributed by atoms with van der Waals surface area (Å²) in [5, 5.41) is 26.8. The van der Waals surface area contributed by atoms with E-state index < -0.39 is 0 Å². The molecule has 0 spiro atoms. The van der Waals surface area contributed by atoms with Crippen molar-refractivity contribution in [1.82, 2.24) is 9.55 Å². The topological polar surface area (TPSA) is 85.6 Å². The zero-order chi connectivity index (χ0) is 12.3. The van der Waals surface area contributed by atoms with E-state index in [4.69, 9.17) is 15.6 Å². The first-order chi connectivity index (χ1) is 8.24. The van der Waals surface area contributed by atoms with Crippen molar-refractivity contribution >= 4 is 0 Å². The lowest BCUT2D eigenvalue weighted by atomic mass is 10.2. The fraction of sp³-hybridized carbons (Fsp3) is 0.0833. The Balaban J connectivity index is 2.31. The van der Waals surface area contributed by atoms with E-state index in [0.29, 0.717) is 6.54 Å². The van der Waals surface area contributed by atoms with Crippen LogP contribution in [0.4, 0.5) is 0 Å². The highest BCUT2D eigenvalue weighted by molar-refractivity contribution is 5.37. The number of phenols is 1. The van der Waals surface area contributed by atoms with E-state index in [2.05, 4.69) is 4.98 Å². The van der Waals surface area contributed by atoms with Crippen molar-refractivity contribution in [2.24, 2.45) is 0 Å². The molecule has 0 aliphatic rings. The van der Waals surface area contributed by atoms with Gasteiger partial charge in [0.2, 0.25) is 0 Å². The van der Waals surface area contributed by atoms with Crippen LogP contribution >= 0.6 is 0 Å². The fourth-order valence-corrected chi connectivity index (χ4v) is 1.50. The average molecular weight is 224 g/mol. The highest BCUT2D eigenvalue weighted by atomic mass is 16.3. The van der Waals surface area contributed by atoms with Crippen LogP contribution in [0, 0.1) is 22.7 Å². The Morgan fingerprint density at radius 2 is 1.88 bits per heavy atom. The van der Waals surface area contributed by atoms with Gasteiger partial charge in [0.05, 0.1) is 6.33 Å². The van der Waals surface area contributed by atoms with Crippen LogP contribution in [0.5, 0.6) is 5.75 Å². The van der Waals surface area contributed by atoms with E-state index in [1.54, 1.807) is 28.8 Å². The highest BCUT2D eigenvalue weighted by Gasteiger charge is 2.09. The molecule has 0 amide bonds. The maximum absolute atomic E-state index is 9.15. The van der Waals surface area contributed by atoms with Crippen LogP contribution in [0.1, 0.15) is 17.0 Å². The molecule has 0 saturated carbocycles. The van der Waals surface area contributed by atoms with Gasteiger partial charge in [-0.05, 0) is 17.7 Å². The van der Waals surface area contributed by atoms with Crippen LogP contribution in [0.2, 0.25) is 0 Å². The number of phenolic OH excluding ortho intramolecular Hbond substituents is 1. The number of aromatic nitrogens is 2. The lowest BCUT2D eigenvalue weighted by Crippen LogP contribution is -2.01.